The first-order chi connectivity index (χ1) is 16.3. The number of H-pyrrole nitrogens is 1. The van der Waals surface area contributed by atoms with Gasteiger partial charge in [0.25, 0.3) is 11.5 Å². The molecule has 0 saturated carbocycles. The third-order valence-electron chi connectivity index (χ3n) is 6.59. The Balaban J connectivity index is 1.65. The number of rotatable bonds is 5. The van der Waals surface area contributed by atoms with Gasteiger partial charge in [0.05, 0.1) is 22.5 Å². The predicted octanol–water partition coefficient (Wildman–Crippen LogP) is 4.04. The van der Waals surface area contributed by atoms with Crippen molar-refractivity contribution < 1.29 is 9.59 Å². The molecule has 1 saturated heterocycles. The first-order valence-corrected chi connectivity index (χ1v) is 12.1. The maximum Gasteiger partial charge on any atom is 0.266 e. The Morgan fingerprint density at radius 2 is 2.00 bits per heavy atom. The summed E-state index contributed by atoms with van der Waals surface area (Å²) in [7, 11) is 0. The lowest BCUT2D eigenvalue weighted by Gasteiger charge is -2.32. The van der Waals surface area contributed by atoms with Gasteiger partial charge in [-0.25, -0.2) is 0 Å². The molecule has 8 heteroatoms. The van der Waals surface area contributed by atoms with Crippen molar-refractivity contribution in [3.05, 3.63) is 68.2 Å². The molecule has 2 N–H and O–H groups in total. The zero-order valence-corrected chi connectivity index (χ0v) is 20.6. The summed E-state index contributed by atoms with van der Waals surface area (Å²) in [6.07, 6.45) is 2.44. The average Bonchev–Trinajstić information content (AvgIpc) is 2.84. The van der Waals surface area contributed by atoms with E-state index in [0.717, 1.165) is 36.1 Å². The Hall–Kier alpha value is -3.26. The lowest BCUT2D eigenvalue weighted by Crippen LogP contribution is -2.45. The van der Waals surface area contributed by atoms with Crippen LogP contribution in [-0.4, -0.2) is 45.9 Å². The van der Waals surface area contributed by atoms with E-state index in [-0.39, 0.29) is 28.1 Å². The largest absolute Gasteiger partial charge is 0.356 e. The van der Waals surface area contributed by atoms with Gasteiger partial charge in [0.1, 0.15) is 0 Å². The number of likely N-dealkylation sites (tertiary alicyclic amines) is 1. The molecule has 0 aliphatic carbocycles. The Bertz CT molecular complexity index is 1370. The summed E-state index contributed by atoms with van der Waals surface area (Å²) < 4.78 is 1.78. The third-order valence-corrected chi connectivity index (χ3v) is 6.87. The van der Waals surface area contributed by atoms with Gasteiger partial charge in [-0.05, 0) is 80.7 Å². The summed E-state index contributed by atoms with van der Waals surface area (Å²) in [4.78, 5) is 43.8. The van der Waals surface area contributed by atoms with Crippen molar-refractivity contribution in [1.82, 2.24) is 19.8 Å². The monoisotopic (exact) mass is 478 g/mol. The van der Waals surface area contributed by atoms with Crippen molar-refractivity contribution in [1.29, 1.82) is 0 Å². The Morgan fingerprint density at radius 3 is 2.76 bits per heavy atom. The number of hydrogen-bond acceptors (Lipinski definition) is 4. The highest BCUT2D eigenvalue weighted by Crippen LogP contribution is 2.21. The van der Waals surface area contributed by atoms with E-state index in [9.17, 15) is 14.4 Å². The molecule has 0 radical (unpaired) electrons. The predicted molar refractivity (Wildman–Crippen MR) is 136 cm³/mol. The van der Waals surface area contributed by atoms with Crippen molar-refractivity contribution in [2.75, 3.05) is 19.6 Å². The number of nitrogens with one attached hydrogen (secondary N) is 2. The molecule has 1 fully saturated rings. The second-order valence-electron chi connectivity index (χ2n) is 8.93. The number of aryl methyl sites for hydroxylation is 1. The zero-order chi connectivity index (χ0) is 24.4. The SMILES string of the molecule is CCCNC(=O)C1CCCN(C(=O)c2ccc3c(=O)n(-c4cccc(C)c4C)c(=S)[nH]c3c2)C1. The zero-order valence-electron chi connectivity index (χ0n) is 19.8. The van der Waals surface area contributed by atoms with Crippen LogP contribution in [0.1, 0.15) is 47.7 Å². The van der Waals surface area contributed by atoms with Gasteiger partial charge in [-0.2, -0.15) is 0 Å². The van der Waals surface area contributed by atoms with Crippen LogP contribution < -0.4 is 10.9 Å². The second-order valence-corrected chi connectivity index (χ2v) is 9.32. The molecule has 2 heterocycles. The summed E-state index contributed by atoms with van der Waals surface area (Å²) in [5, 5.41) is 3.39. The minimum Gasteiger partial charge on any atom is -0.356 e. The molecular formula is C26H30N4O3S. The van der Waals surface area contributed by atoms with Crippen LogP contribution in [0.2, 0.25) is 0 Å². The summed E-state index contributed by atoms with van der Waals surface area (Å²) in [6, 6.07) is 10.8. The molecule has 0 spiro atoms. The molecule has 1 aliphatic heterocycles. The van der Waals surface area contributed by atoms with Crippen LogP contribution in [0.25, 0.3) is 16.6 Å². The summed E-state index contributed by atoms with van der Waals surface area (Å²) in [5.41, 5.74) is 3.57. The molecule has 0 bridgehead atoms. The van der Waals surface area contributed by atoms with Crippen LogP contribution in [0.3, 0.4) is 0 Å². The number of carbonyl (C=O) groups excluding carboxylic acids is 2. The van der Waals surface area contributed by atoms with Gasteiger partial charge in [0.15, 0.2) is 4.77 Å². The van der Waals surface area contributed by atoms with Gasteiger partial charge >= 0.3 is 0 Å². The van der Waals surface area contributed by atoms with Crippen LogP contribution in [0.4, 0.5) is 0 Å². The van der Waals surface area contributed by atoms with Gasteiger partial charge in [-0.3, -0.25) is 19.0 Å². The summed E-state index contributed by atoms with van der Waals surface area (Å²) in [5.74, 6) is -0.331. The Morgan fingerprint density at radius 1 is 1.21 bits per heavy atom. The first kappa shape index (κ1) is 23.9. The molecule has 2 aromatic carbocycles. The van der Waals surface area contributed by atoms with Crippen molar-refractivity contribution in [2.45, 2.75) is 40.0 Å². The maximum atomic E-state index is 13.3. The molecule has 1 atom stereocenters. The number of aromatic nitrogens is 2. The van der Waals surface area contributed by atoms with Crippen LogP contribution in [0, 0.1) is 24.5 Å². The topological polar surface area (TPSA) is 87.2 Å². The first-order valence-electron chi connectivity index (χ1n) is 11.7. The van der Waals surface area contributed by atoms with E-state index in [0.29, 0.717) is 36.1 Å². The van der Waals surface area contributed by atoms with Crippen molar-refractivity contribution in [3.63, 3.8) is 0 Å². The number of aromatic amines is 1. The van der Waals surface area contributed by atoms with Gasteiger partial charge in [-0.15, -0.1) is 0 Å². The van der Waals surface area contributed by atoms with Crippen molar-refractivity contribution in [3.8, 4) is 5.69 Å². The number of amides is 2. The fraction of sp³-hybridized carbons (Fsp3) is 0.385. The van der Waals surface area contributed by atoms with Crippen molar-refractivity contribution in [2.24, 2.45) is 5.92 Å². The molecular weight excluding hydrogens is 448 g/mol. The van der Waals surface area contributed by atoms with E-state index in [2.05, 4.69) is 10.3 Å². The molecule has 1 unspecified atom stereocenters. The quantitative estimate of drug-likeness (QED) is 0.542. The molecule has 178 valence electrons. The number of carbonyl (C=O) groups is 2. The number of nitrogens with zero attached hydrogens (tertiary/aromatic N) is 2. The van der Waals surface area contributed by atoms with E-state index < -0.39 is 0 Å². The van der Waals surface area contributed by atoms with Crippen molar-refractivity contribution >= 4 is 34.9 Å². The van der Waals surface area contributed by atoms with Crippen LogP contribution in [0.5, 0.6) is 0 Å². The third kappa shape index (κ3) is 4.55. The molecule has 4 rings (SSSR count). The highest BCUT2D eigenvalue weighted by Gasteiger charge is 2.29. The van der Waals surface area contributed by atoms with Crippen LogP contribution in [-0.2, 0) is 4.79 Å². The number of hydrogen-bond donors (Lipinski definition) is 2. The molecule has 2 amide bonds. The molecule has 1 aromatic heterocycles. The standard InChI is InChI=1S/C26H30N4O3S/c1-4-12-27-23(31)19-8-6-13-29(15-19)24(32)18-10-11-20-21(14-18)28-26(34)30(25(20)33)22-9-5-7-16(2)17(22)3/h5,7,9-11,14,19H,4,6,8,12-13,15H2,1-3H3,(H,27,31)(H,28,34). The lowest BCUT2D eigenvalue weighted by molar-refractivity contribution is -0.126. The minimum atomic E-state index is -0.225. The molecule has 1 aliphatic rings. The highest BCUT2D eigenvalue weighted by atomic mass is 32.1. The van der Waals surface area contributed by atoms with Gasteiger partial charge < -0.3 is 15.2 Å². The van der Waals surface area contributed by atoms with E-state index in [1.807, 2.05) is 39.0 Å². The molecule has 7 nitrogen and oxygen atoms in total. The van der Waals surface area contributed by atoms with E-state index >= 15 is 0 Å². The molecule has 3 aromatic rings. The molecule has 34 heavy (non-hydrogen) atoms. The van der Waals surface area contributed by atoms with Gasteiger partial charge in [0, 0.05) is 25.2 Å². The van der Waals surface area contributed by atoms with E-state index in [1.54, 1.807) is 23.1 Å². The second kappa shape index (κ2) is 9.93. The number of piperidine rings is 1. The van der Waals surface area contributed by atoms with Gasteiger partial charge in [0.2, 0.25) is 5.91 Å². The van der Waals surface area contributed by atoms with Crippen LogP contribution in [0.15, 0.2) is 41.2 Å². The van der Waals surface area contributed by atoms with E-state index in [4.69, 9.17) is 12.2 Å². The normalized spacial score (nSPS) is 16.0. The fourth-order valence-corrected chi connectivity index (χ4v) is 4.79. The Labute approximate surface area is 203 Å². The fourth-order valence-electron chi connectivity index (χ4n) is 4.50. The highest BCUT2D eigenvalue weighted by molar-refractivity contribution is 7.71. The number of fused-ring (bicyclic) bond motifs is 1. The van der Waals surface area contributed by atoms with Crippen LogP contribution >= 0.6 is 12.2 Å². The van der Waals surface area contributed by atoms with Gasteiger partial charge in [-0.1, -0.05) is 19.1 Å². The minimum absolute atomic E-state index is 0.00827. The average molecular weight is 479 g/mol. The lowest BCUT2D eigenvalue weighted by atomic mass is 9.96. The Kier molecular flexibility index (Phi) is 6.97. The summed E-state index contributed by atoms with van der Waals surface area (Å²) >= 11 is 5.53. The maximum absolute atomic E-state index is 13.3. The number of benzene rings is 2. The van der Waals surface area contributed by atoms with E-state index in [1.165, 1.54) is 4.57 Å². The summed E-state index contributed by atoms with van der Waals surface area (Å²) in [6.45, 7) is 7.63. The smallest absolute Gasteiger partial charge is 0.266 e.